The highest BCUT2D eigenvalue weighted by molar-refractivity contribution is 14.1. The Labute approximate surface area is 144 Å². The molecule has 21 heavy (non-hydrogen) atoms. The van der Waals surface area contributed by atoms with E-state index >= 15 is 0 Å². The summed E-state index contributed by atoms with van der Waals surface area (Å²) in [7, 11) is 0. The summed E-state index contributed by atoms with van der Waals surface area (Å²) >= 11 is 5.32. The molecule has 0 bridgehead atoms. The first kappa shape index (κ1) is 18.6. The van der Waals surface area contributed by atoms with Gasteiger partial charge in [-0.1, -0.05) is 38.5 Å². The third kappa shape index (κ3) is 5.37. The van der Waals surface area contributed by atoms with Gasteiger partial charge >= 0.3 is 17.9 Å². The lowest BCUT2D eigenvalue weighted by molar-refractivity contribution is -0.226. The van der Waals surface area contributed by atoms with Crippen molar-refractivity contribution >= 4 is 56.4 Å². The summed E-state index contributed by atoms with van der Waals surface area (Å²) < 4.78 is 21.7. The predicted molar refractivity (Wildman–Crippen MR) is 83.1 cm³/mol. The van der Waals surface area contributed by atoms with Crippen LogP contribution in [0.4, 0.5) is 0 Å². The maximum Gasteiger partial charge on any atom is 0.303 e. The molecule has 0 aromatic carbocycles. The van der Waals surface area contributed by atoms with Crippen molar-refractivity contribution in [1.82, 2.24) is 0 Å². The number of halogens is 2. The van der Waals surface area contributed by atoms with Crippen molar-refractivity contribution in [3.8, 4) is 0 Å². The van der Waals surface area contributed by atoms with Crippen molar-refractivity contribution < 1.29 is 33.3 Å². The molecular formula is C12H16BrIO7. The van der Waals surface area contributed by atoms with Crippen molar-refractivity contribution in [2.24, 2.45) is 0 Å². The van der Waals surface area contributed by atoms with Gasteiger partial charge in [-0.3, -0.25) is 14.4 Å². The Bertz CT molecular complexity index is 416. The molecule has 1 rings (SSSR count). The van der Waals surface area contributed by atoms with Crippen LogP contribution in [0.3, 0.4) is 0 Å². The summed E-state index contributed by atoms with van der Waals surface area (Å²) in [5.74, 6) is -1.66. The first-order valence-electron chi connectivity index (χ1n) is 6.13. The van der Waals surface area contributed by atoms with Crippen LogP contribution >= 0.6 is 38.5 Å². The number of carbonyl (C=O) groups excluding carboxylic acids is 3. The van der Waals surface area contributed by atoms with Crippen molar-refractivity contribution in [2.45, 2.75) is 50.2 Å². The summed E-state index contributed by atoms with van der Waals surface area (Å²) in [5, 5.41) is -0.669. The van der Waals surface area contributed by atoms with Crippen molar-refractivity contribution in [1.29, 1.82) is 0 Å². The quantitative estimate of drug-likeness (QED) is 0.261. The van der Waals surface area contributed by atoms with Crippen molar-refractivity contribution in [3.63, 3.8) is 0 Å². The Kier molecular flexibility index (Phi) is 7.34. The Balaban J connectivity index is 3.08. The summed E-state index contributed by atoms with van der Waals surface area (Å²) in [5.41, 5.74) is 0. The molecule has 9 heteroatoms. The number of carbonyl (C=O) groups is 3. The van der Waals surface area contributed by atoms with Gasteiger partial charge in [-0.2, -0.15) is 0 Å². The second kappa shape index (κ2) is 8.28. The van der Waals surface area contributed by atoms with E-state index in [9.17, 15) is 14.4 Å². The largest absolute Gasteiger partial charge is 0.456 e. The first-order valence-corrected chi connectivity index (χ1v) is 8.57. The van der Waals surface area contributed by atoms with Crippen LogP contribution in [0.2, 0.25) is 0 Å². The molecule has 0 aromatic heterocycles. The zero-order chi connectivity index (χ0) is 16.2. The lowest BCUT2D eigenvalue weighted by Crippen LogP contribution is -2.60. The maximum absolute atomic E-state index is 11.3. The van der Waals surface area contributed by atoms with Gasteiger partial charge in [0.05, 0.1) is 0 Å². The van der Waals surface area contributed by atoms with Crippen molar-refractivity contribution in [3.05, 3.63) is 0 Å². The molecule has 5 unspecified atom stereocenters. The molecule has 0 radical (unpaired) electrons. The Morgan fingerprint density at radius 3 is 1.81 bits per heavy atom. The van der Waals surface area contributed by atoms with Crippen LogP contribution in [-0.2, 0) is 33.3 Å². The van der Waals surface area contributed by atoms with E-state index in [-0.39, 0.29) is 0 Å². The molecule has 0 N–H and O–H groups in total. The smallest absolute Gasteiger partial charge is 0.303 e. The fourth-order valence-electron chi connectivity index (χ4n) is 1.97. The molecule has 5 atom stereocenters. The van der Waals surface area contributed by atoms with Crippen molar-refractivity contribution in [2.75, 3.05) is 4.43 Å². The van der Waals surface area contributed by atoms with Gasteiger partial charge in [-0.25, -0.2) is 0 Å². The molecule has 0 saturated carbocycles. The van der Waals surface area contributed by atoms with Crippen LogP contribution in [-0.4, -0.2) is 51.8 Å². The molecule has 0 spiro atoms. The number of hydrogen-bond donors (Lipinski definition) is 0. The standard InChI is InChI=1S/C12H16BrIO7/c1-5(15)18-9-8(4-14)21-12(13)11(20-7(3)17)10(9)19-6(2)16/h8-12H,4H2,1-3H3. The Morgan fingerprint density at radius 1 is 0.952 bits per heavy atom. The van der Waals surface area contributed by atoms with E-state index in [1.807, 2.05) is 0 Å². The van der Waals surface area contributed by atoms with E-state index in [2.05, 4.69) is 38.5 Å². The van der Waals surface area contributed by atoms with E-state index in [4.69, 9.17) is 18.9 Å². The molecule has 1 fully saturated rings. The Hall–Kier alpha value is -0.420. The van der Waals surface area contributed by atoms with Gasteiger partial charge < -0.3 is 18.9 Å². The van der Waals surface area contributed by atoms with Crippen LogP contribution in [0.1, 0.15) is 20.8 Å². The highest BCUT2D eigenvalue weighted by Gasteiger charge is 2.50. The summed E-state index contributed by atoms with van der Waals surface area (Å²) in [6.07, 6.45) is -3.18. The maximum atomic E-state index is 11.3. The number of alkyl halides is 2. The van der Waals surface area contributed by atoms with Gasteiger partial charge in [-0.15, -0.1) is 0 Å². The average Bonchev–Trinajstić information content (AvgIpc) is 2.35. The SMILES string of the molecule is CC(=O)OC1C(Br)OC(CI)C(OC(C)=O)C1OC(C)=O. The van der Waals surface area contributed by atoms with Gasteiger partial charge in [0.15, 0.2) is 23.3 Å². The third-order valence-electron chi connectivity index (χ3n) is 2.64. The third-order valence-corrected chi connectivity index (χ3v) is 4.24. The Morgan fingerprint density at radius 2 is 1.38 bits per heavy atom. The van der Waals surface area contributed by atoms with Crippen LogP contribution in [0.15, 0.2) is 0 Å². The van der Waals surface area contributed by atoms with E-state index in [0.717, 1.165) is 0 Å². The number of esters is 3. The van der Waals surface area contributed by atoms with E-state index in [0.29, 0.717) is 4.43 Å². The van der Waals surface area contributed by atoms with E-state index in [1.54, 1.807) is 0 Å². The minimum atomic E-state index is -0.937. The zero-order valence-corrected chi connectivity index (χ0v) is 15.5. The normalized spacial score (nSPS) is 32.1. The second-order valence-corrected chi connectivity index (χ2v) is 6.19. The van der Waals surface area contributed by atoms with Crippen LogP contribution < -0.4 is 0 Å². The zero-order valence-electron chi connectivity index (χ0n) is 11.7. The second-order valence-electron chi connectivity index (χ2n) is 4.40. The topological polar surface area (TPSA) is 88.1 Å². The highest BCUT2D eigenvalue weighted by Crippen LogP contribution is 2.32. The molecule has 120 valence electrons. The molecule has 1 heterocycles. The minimum Gasteiger partial charge on any atom is -0.456 e. The summed E-state index contributed by atoms with van der Waals surface area (Å²) in [6, 6.07) is 0. The summed E-state index contributed by atoms with van der Waals surface area (Å²) in [4.78, 5) is 33.8. The molecule has 0 aromatic rings. The molecule has 1 aliphatic heterocycles. The monoisotopic (exact) mass is 478 g/mol. The number of hydrogen-bond acceptors (Lipinski definition) is 7. The average molecular weight is 479 g/mol. The van der Waals surface area contributed by atoms with E-state index in [1.165, 1.54) is 20.8 Å². The lowest BCUT2D eigenvalue weighted by Gasteiger charge is -2.42. The molecule has 1 saturated heterocycles. The van der Waals surface area contributed by atoms with Gasteiger partial charge in [-0.05, 0) is 0 Å². The van der Waals surface area contributed by atoms with Gasteiger partial charge in [0.1, 0.15) is 6.10 Å². The van der Waals surface area contributed by atoms with Gasteiger partial charge in [0.2, 0.25) is 0 Å². The fraction of sp³-hybridized carbons (Fsp3) is 0.750. The molecular weight excluding hydrogens is 463 g/mol. The molecule has 0 amide bonds. The molecule has 1 aliphatic rings. The summed E-state index contributed by atoms with van der Waals surface area (Å²) in [6.45, 7) is 3.71. The molecule has 0 aliphatic carbocycles. The predicted octanol–water partition coefficient (Wildman–Crippen LogP) is 1.34. The number of ether oxygens (including phenoxy) is 4. The highest BCUT2D eigenvalue weighted by atomic mass is 127. The number of rotatable bonds is 4. The van der Waals surface area contributed by atoms with Crippen LogP contribution in [0.5, 0.6) is 0 Å². The fourth-order valence-corrected chi connectivity index (χ4v) is 3.36. The minimum absolute atomic E-state index is 0.491. The van der Waals surface area contributed by atoms with Crippen LogP contribution in [0.25, 0.3) is 0 Å². The first-order chi connectivity index (χ1) is 9.76. The van der Waals surface area contributed by atoms with Gasteiger partial charge in [0, 0.05) is 25.2 Å². The van der Waals surface area contributed by atoms with E-state index < -0.39 is 47.3 Å². The van der Waals surface area contributed by atoms with Gasteiger partial charge in [0.25, 0.3) is 0 Å². The van der Waals surface area contributed by atoms with Crippen LogP contribution in [0, 0.1) is 0 Å². The molecule has 7 nitrogen and oxygen atoms in total. The lowest BCUT2D eigenvalue weighted by atomic mass is 10.00.